The molecular weight excluding hydrogens is 301 g/mol. The van der Waals surface area contributed by atoms with Gasteiger partial charge in [-0.1, -0.05) is 0 Å². The Labute approximate surface area is 111 Å². The quantitative estimate of drug-likeness (QED) is 0.738. The molecule has 0 spiro atoms. The Hall–Kier alpha value is -0.457. The van der Waals surface area contributed by atoms with Gasteiger partial charge in [0.25, 0.3) is 0 Å². The Morgan fingerprint density at radius 1 is 0.667 bits per heavy atom. The standard InChI is InChI=1S/C13H11.BrH.Zn/c1-3-7-12(8-4-1)11-13-9-5-2-6-10-13;;/h1-11H;1H;. The zero-order valence-corrected chi connectivity index (χ0v) is 13.1. The minimum absolute atomic E-state index is 0. The van der Waals surface area contributed by atoms with E-state index in [4.69, 9.17) is 0 Å². The third-order valence-corrected chi connectivity index (χ3v) is 4.38. The third kappa shape index (κ3) is 3.26. The van der Waals surface area contributed by atoms with E-state index in [9.17, 15) is 0 Å². The van der Waals surface area contributed by atoms with E-state index < -0.39 is 0 Å². The van der Waals surface area contributed by atoms with Crippen molar-refractivity contribution >= 4 is 17.0 Å². The van der Waals surface area contributed by atoms with Crippen LogP contribution in [-0.4, -0.2) is 0 Å². The number of hydrogen-bond acceptors (Lipinski definition) is 0. The van der Waals surface area contributed by atoms with Crippen molar-refractivity contribution in [2.24, 2.45) is 0 Å². The molecule has 0 unspecified atom stereocenters. The third-order valence-electron chi connectivity index (χ3n) is 2.40. The van der Waals surface area contributed by atoms with Crippen LogP contribution < -0.4 is 0 Å². The van der Waals surface area contributed by atoms with Crippen LogP contribution in [-0.2, 0) is 18.3 Å². The van der Waals surface area contributed by atoms with Gasteiger partial charge in [-0.3, -0.25) is 0 Å². The molecule has 0 nitrogen and oxygen atoms in total. The summed E-state index contributed by atoms with van der Waals surface area (Å²) < 4.78 is 0.609. The van der Waals surface area contributed by atoms with Crippen molar-refractivity contribution in [2.45, 2.75) is 4.51 Å². The van der Waals surface area contributed by atoms with E-state index in [0.29, 0.717) is 4.51 Å². The molecule has 0 aromatic heterocycles. The molecule has 73 valence electrons. The van der Waals surface area contributed by atoms with Crippen LogP contribution in [0.2, 0.25) is 0 Å². The average molecular weight is 314 g/mol. The van der Waals surface area contributed by atoms with E-state index in [-0.39, 0.29) is 17.0 Å². The molecule has 0 amide bonds. The van der Waals surface area contributed by atoms with Crippen LogP contribution in [0.4, 0.5) is 0 Å². The first-order valence-electron chi connectivity index (χ1n) is 4.81. The molecule has 0 heterocycles. The second-order valence-electron chi connectivity index (χ2n) is 3.37. The predicted octanol–water partition coefficient (Wildman–Crippen LogP) is 3.90. The van der Waals surface area contributed by atoms with Crippen LogP contribution in [0.25, 0.3) is 0 Å². The molecule has 2 aromatic rings. The molecule has 0 aliphatic heterocycles. The van der Waals surface area contributed by atoms with Crippen LogP contribution >= 0.6 is 17.0 Å². The van der Waals surface area contributed by atoms with Gasteiger partial charge in [0.15, 0.2) is 0 Å². The first-order valence-corrected chi connectivity index (χ1v) is 6.52. The van der Waals surface area contributed by atoms with Gasteiger partial charge in [-0.2, -0.15) is 0 Å². The number of rotatable bonds is 2. The Bertz CT molecular complexity index is 346. The van der Waals surface area contributed by atoms with Crippen molar-refractivity contribution in [3.8, 4) is 0 Å². The normalized spacial score (nSPS) is 9.80. The van der Waals surface area contributed by atoms with Crippen LogP contribution in [0, 0.1) is 0 Å². The van der Waals surface area contributed by atoms with Gasteiger partial charge in [0, 0.05) is 0 Å². The first-order chi connectivity index (χ1) is 6.88. The van der Waals surface area contributed by atoms with Crippen LogP contribution in [0.15, 0.2) is 60.7 Å². The Morgan fingerprint density at radius 3 is 1.33 bits per heavy atom. The summed E-state index contributed by atoms with van der Waals surface area (Å²) in [6, 6.07) is 21.4. The molecule has 0 fully saturated rings. The van der Waals surface area contributed by atoms with E-state index in [0.717, 1.165) is 0 Å². The van der Waals surface area contributed by atoms with Crippen molar-refractivity contribution in [1.82, 2.24) is 0 Å². The molecule has 2 aromatic carbocycles. The molecule has 0 saturated carbocycles. The van der Waals surface area contributed by atoms with Gasteiger partial charge in [-0.15, -0.1) is 17.0 Å². The van der Waals surface area contributed by atoms with Gasteiger partial charge in [0.05, 0.1) is 0 Å². The first kappa shape index (κ1) is 12.6. The van der Waals surface area contributed by atoms with Gasteiger partial charge in [-0.25, -0.2) is 0 Å². The van der Waals surface area contributed by atoms with E-state index in [1.54, 1.807) is 0 Å². The Kier molecular flexibility index (Phi) is 5.21. The predicted molar refractivity (Wildman–Crippen MR) is 65.0 cm³/mol. The molecule has 0 atom stereocenters. The summed E-state index contributed by atoms with van der Waals surface area (Å²) in [4.78, 5) is 0. The topological polar surface area (TPSA) is 0 Å². The van der Waals surface area contributed by atoms with Crippen molar-refractivity contribution in [3.63, 3.8) is 0 Å². The van der Waals surface area contributed by atoms with E-state index >= 15 is 0 Å². The molecule has 0 bridgehead atoms. The maximum atomic E-state index is 2.21. The molecular formula is C13H12BrZn. The summed E-state index contributed by atoms with van der Waals surface area (Å²) in [6.07, 6.45) is 0. The van der Waals surface area contributed by atoms with Crippen molar-refractivity contribution < 1.29 is 18.3 Å². The number of benzene rings is 2. The maximum absolute atomic E-state index is 2.21. The van der Waals surface area contributed by atoms with Crippen LogP contribution in [0.3, 0.4) is 0 Å². The molecule has 0 aliphatic rings. The van der Waals surface area contributed by atoms with Crippen molar-refractivity contribution in [1.29, 1.82) is 0 Å². The molecule has 0 aliphatic carbocycles. The fourth-order valence-corrected chi connectivity index (χ4v) is 2.71. The second kappa shape index (κ2) is 6.20. The second-order valence-corrected chi connectivity index (χ2v) is 5.09. The summed E-state index contributed by atoms with van der Waals surface area (Å²) in [5.41, 5.74) is 2.86. The molecule has 2 rings (SSSR count). The monoisotopic (exact) mass is 311 g/mol. The van der Waals surface area contributed by atoms with Crippen molar-refractivity contribution in [2.75, 3.05) is 0 Å². The summed E-state index contributed by atoms with van der Waals surface area (Å²) in [5.74, 6) is 0. The van der Waals surface area contributed by atoms with Crippen LogP contribution in [0.5, 0.6) is 0 Å². The van der Waals surface area contributed by atoms with Gasteiger partial charge in [0.2, 0.25) is 0 Å². The Balaban J connectivity index is 0.00000112. The summed E-state index contributed by atoms with van der Waals surface area (Å²) in [7, 11) is 0. The molecule has 0 radical (unpaired) electrons. The number of halogens is 1. The summed E-state index contributed by atoms with van der Waals surface area (Å²) in [5, 5.41) is 0. The number of hydrogen-bond donors (Lipinski definition) is 0. The fourth-order valence-electron chi connectivity index (χ4n) is 1.56. The Morgan fingerprint density at radius 2 is 1.00 bits per heavy atom. The zero-order valence-electron chi connectivity index (χ0n) is 8.47. The van der Waals surface area contributed by atoms with E-state index in [1.807, 2.05) is 0 Å². The van der Waals surface area contributed by atoms with E-state index in [1.165, 1.54) is 29.4 Å². The molecule has 0 N–H and O–H groups in total. The SMILES string of the molecule is Br.[Zn][CH](c1ccccc1)c1ccccc1. The van der Waals surface area contributed by atoms with Gasteiger partial charge < -0.3 is 0 Å². The summed E-state index contributed by atoms with van der Waals surface area (Å²) in [6.45, 7) is 0. The van der Waals surface area contributed by atoms with Gasteiger partial charge in [0.1, 0.15) is 0 Å². The average Bonchev–Trinajstić information content (AvgIpc) is 2.30. The fraction of sp³-hybridized carbons (Fsp3) is 0.0769. The van der Waals surface area contributed by atoms with Gasteiger partial charge in [-0.05, 0) is 0 Å². The van der Waals surface area contributed by atoms with E-state index in [2.05, 4.69) is 60.7 Å². The molecule has 15 heavy (non-hydrogen) atoms. The molecule has 2 heteroatoms. The van der Waals surface area contributed by atoms with Crippen molar-refractivity contribution in [3.05, 3.63) is 71.8 Å². The zero-order chi connectivity index (χ0) is 9.80. The minimum atomic E-state index is 0. The van der Waals surface area contributed by atoms with Crippen LogP contribution in [0.1, 0.15) is 15.6 Å². The van der Waals surface area contributed by atoms with Gasteiger partial charge >= 0.3 is 94.6 Å². The summed E-state index contributed by atoms with van der Waals surface area (Å²) >= 11 is 1.27. The molecule has 0 saturated heterocycles.